The molecule has 1 aliphatic heterocycles. The summed E-state index contributed by atoms with van der Waals surface area (Å²) in [6.07, 6.45) is 5.08. The highest BCUT2D eigenvalue weighted by atomic mass is 32.2. The molecule has 2 heterocycles. The molecule has 0 aliphatic carbocycles. The lowest BCUT2D eigenvalue weighted by molar-refractivity contribution is 0.0690. The number of rotatable bonds is 4. The summed E-state index contributed by atoms with van der Waals surface area (Å²) in [5, 5.41) is 12.6. The number of aromatic carboxylic acids is 1. The third-order valence-corrected chi connectivity index (χ3v) is 4.07. The Morgan fingerprint density at radius 1 is 1.53 bits per heavy atom. The maximum atomic E-state index is 10.7. The van der Waals surface area contributed by atoms with Gasteiger partial charge in [-0.25, -0.2) is 14.8 Å². The first-order valence-electron chi connectivity index (χ1n) is 5.66. The topological polar surface area (TPSA) is 75.1 Å². The fraction of sp³-hybridized carbons (Fsp3) is 0.545. The number of anilines is 1. The zero-order chi connectivity index (χ0) is 12.1. The Morgan fingerprint density at radius 3 is 3.12 bits per heavy atom. The summed E-state index contributed by atoms with van der Waals surface area (Å²) >= 11 is 1.97. The molecule has 5 nitrogen and oxygen atoms in total. The third kappa shape index (κ3) is 3.59. The van der Waals surface area contributed by atoms with Crippen molar-refractivity contribution in [1.29, 1.82) is 0 Å². The van der Waals surface area contributed by atoms with Crippen molar-refractivity contribution in [2.75, 3.05) is 17.6 Å². The molecule has 0 radical (unpaired) electrons. The maximum absolute atomic E-state index is 10.7. The van der Waals surface area contributed by atoms with Crippen molar-refractivity contribution < 1.29 is 9.90 Å². The zero-order valence-electron chi connectivity index (χ0n) is 9.43. The lowest BCUT2D eigenvalue weighted by atomic mass is 10.2. The highest BCUT2D eigenvalue weighted by Crippen LogP contribution is 2.25. The molecule has 1 saturated heterocycles. The Hall–Kier alpha value is -1.30. The van der Waals surface area contributed by atoms with Gasteiger partial charge >= 0.3 is 5.97 Å². The highest BCUT2D eigenvalue weighted by molar-refractivity contribution is 7.99. The van der Waals surface area contributed by atoms with Gasteiger partial charge in [0.05, 0.1) is 0 Å². The summed E-state index contributed by atoms with van der Waals surface area (Å²) in [7, 11) is 0. The Balaban J connectivity index is 1.89. The van der Waals surface area contributed by atoms with Gasteiger partial charge in [0, 0.05) is 17.9 Å². The number of aromatic nitrogens is 2. The normalized spacial score (nSPS) is 19.9. The maximum Gasteiger partial charge on any atom is 0.354 e. The van der Waals surface area contributed by atoms with Crippen LogP contribution in [-0.4, -0.2) is 38.6 Å². The van der Waals surface area contributed by atoms with Crippen molar-refractivity contribution in [2.24, 2.45) is 0 Å². The van der Waals surface area contributed by atoms with Gasteiger partial charge in [-0.3, -0.25) is 0 Å². The number of carbonyl (C=O) groups is 1. The van der Waals surface area contributed by atoms with Gasteiger partial charge in [-0.2, -0.15) is 11.8 Å². The van der Waals surface area contributed by atoms with Crippen LogP contribution in [0.15, 0.2) is 12.4 Å². The molecule has 1 aromatic heterocycles. The summed E-state index contributed by atoms with van der Waals surface area (Å²) in [6.45, 7) is 0.834. The minimum absolute atomic E-state index is 0.0267. The van der Waals surface area contributed by atoms with Crippen molar-refractivity contribution in [3.05, 3.63) is 18.1 Å². The number of hydrogen-bond donors (Lipinski definition) is 2. The van der Waals surface area contributed by atoms with Crippen molar-refractivity contribution >= 4 is 23.5 Å². The van der Waals surface area contributed by atoms with E-state index in [1.807, 2.05) is 11.8 Å². The molecule has 0 bridgehead atoms. The van der Waals surface area contributed by atoms with E-state index in [1.165, 1.54) is 37.4 Å². The van der Waals surface area contributed by atoms with Gasteiger partial charge in [0.15, 0.2) is 5.69 Å². The largest absolute Gasteiger partial charge is 0.477 e. The van der Waals surface area contributed by atoms with Gasteiger partial charge in [0.25, 0.3) is 0 Å². The number of nitrogens with one attached hydrogen (secondary N) is 1. The summed E-state index contributed by atoms with van der Waals surface area (Å²) < 4.78 is 0. The second-order valence-electron chi connectivity index (χ2n) is 3.96. The molecule has 92 valence electrons. The van der Waals surface area contributed by atoms with E-state index in [0.29, 0.717) is 11.1 Å². The van der Waals surface area contributed by atoms with E-state index in [4.69, 9.17) is 5.11 Å². The van der Waals surface area contributed by atoms with Gasteiger partial charge in [0.2, 0.25) is 0 Å². The van der Waals surface area contributed by atoms with Crippen molar-refractivity contribution in [1.82, 2.24) is 9.97 Å². The molecule has 2 rings (SSSR count). The number of carboxylic acid groups (broad SMARTS) is 1. The molecule has 2 N–H and O–H groups in total. The van der Waals surface area contributed by atoms with Crippen molar-refractivity contribution in [3.8, 4) is 0 Å². The number of hydrogen-bond acceptors (Lipinski definition) is 5. The fourth-order valence-electron chi connectivity index (χ4n) is 1.76. The monoisotopic (exact) mass is 253 g/mol. The Bertz CT molecular complexity index is 394. The molecule has 1 unspecified atom stereocenters. The van der Waals surface area contributed by atoms with Gasteiger partial charge in [-0.1, -0.05) is 6.42 Å². The van der Waals surface area contributed by atoms with Crippen LogP contribution in [-0.2, 0) is 0 Å². The molecule has 1 aliphatic rings. The Labute approximate surface area is 104 Å². The molecular formula is C11H15N3O2S. The molecule has 0 saturated carbocycles. The summed E-state index contributed by atoms with van der Waals surface area (Å²) in [5.74, 6) is 0.780. The van der Waals surface area contributed by atoms with Gasteiger partial charge in [-0.15, -0.1) is 0 Å². The molecular weight excluding hydrogens is 238 g/mol. The number of nitrogens with zero attached hydrogens (tertiary/aromatic N) is 2. The van der Waals surface area contributed by atoms with Gasteiger partial charge in [-0.05, 0) is 18.6 Å². The van der Waals surface area contributed by atoms with Crippen molar-refractivity contribution in [3.63, 3.8) is 0 Å². The number of thioether (sulfide) groups is 1. The molecule has 0 amide bonds. The second kappa shape index (κ2) is 5.86. The highest BCUT2D eigenvalue weighted by Gasteiger charge is 2.14. The van der Waals surface area contributed by atoms with Gasteiger partial charge < -0.3 is 10.4 Å². The lowest BCUT2D eigenvalue weighted by Gasteiger charge is -2.21. The molecule has 6 heteroatoms. The zero-order valence-corrected chi connectivity index (χ0v) is 10.2. The average molecular weight is 253 g/mol. The SMILES string of the molecule is O=C(O)c1cc(NCC2CCCCS2)ncn1. The van der Waals surface area contributed by atoms with E-state index in [-0.39, 0.29) is 5.69 Å². The van der Waals surface area contributed by atoms with Crippen LogP contribution in [0.3, 0.4) is 0 Å². The number of carboxylic acids is 1. The quantitative estimate of drug-likeness (QED) is 0.853. The van der Waals surface area contributed by atoms with Crippen LogP contribution < -0.4 is 5.32 Å². The second-order valence-corrected chi connectivity index (χ2v) is 5.37. The predicted octanol–water partition coefficient (Wildman–Crippen LogP) is 1.87. The fourth-order valence-corrected chi connectivity index (χ4v) is 3.00. The molecule has 17 heavy (non-hydrogen) atoms. The Morgan fingerprint density at radius 2 is 2.41 bits per heavy atom. The van der Waals surface area contributed by atoms with Crippen LogP contribution >= 0.6 is 11.8 Å². The smallest absolute Gasteiger partial charge is 0.354 e. The van der Waals surface area contributed by atoms with Gasteiger partial charge in [0.1, 0.15) is 12.1 Å². The van der Waals surface area contributed by atoms with E-state index in [0.717, 1.165) is 6.54 Å². The van der Waals surface area contributed by atoms with Crippen LogP contribution in [0.1, 0.15) is 29.8 Å². The van der Waals surface area contributed by atoms with E-state index in [9.17, 15) is 4.79 Å². The molecule has 1 atom stereocenters. The third-order valence-electron chi connectivity index (χ3n) is 2.67. The Kier molecular flexibility index (Phi) is 4.19. The minimum Gasteiger partial charge on any atom is -0.477 e. The van der Waals surface area contributed by atoms with Crippen LogP contribution in [0, 0.1) is 0 Å². The van der Waals surface area contributed by atoms with E-state index in [2.05, 4.69) is 15.3 Å². The van der Waals surface area contributed by atoms with Crippen molar-refractivity contribution in [2.45, 2.75) is 24.5 Å². The summed E-state index contributed by atoms with van der Waals surface area (Å²) in [4.78, 5) is 18.4. The molecule has 0 spiro atoms. The first-order valence-corrected chi connectivity index (χ1v) is 6.71. The molecule has 0 aromatic carbocycles. The average Bonchev–Trinajstić information content (AvgIpc) is 2.38. The standard InChI is InChI=1S/C11H15N3O2S/c15-11(16)9-5-10(14-7-13-9)12-6-8-3-1-2-4-17-8/h5,7-8H,1-4,6H2,(H,15,16)(H,12,13,14). The first kappa shape index (κ1) is 12.2. The van der Waals surface area contributed by atoms with Crippen LogP contribution in [0.25, 0.3) is 0 Å². The van der Waals surface area contributed by atoms with E-state index in [1.54, 1.807) is 0 Å². The van der Waals surface area contributed by atoms with Crippen LogP contribution in [0.5, 0.6) is 0 Å². The lowest BCUT2D eigenvalue weighted by Crippen LogP contribution is -2.20. The molecule has 1 aromatic rings. The summed E-state index contributed by atoms with van der Waals surface area (Å²) in [5.41, 5.74) is 0.0267. The van der Waals surface area contributed by atoms with E-state index < -0.39 is 5.97 Å². The first-order chi connectivity index (χ1) is 8.25. The van der Waals surface area contributed by atoms with Crippen LogP contribution in [0.4, 0.5) is 5.82 Å². The van der Waals surface area contributed by atoms with E-state index >= 15 is 0 Å². The minimum atomic E-state index is -1.03. The summed E-state index contributed by atoms with van der Waals surface area (Å²) in [6, 6.07) is 1.47. The molecule has 1 fully saturated rings. The predicted molar refractivity (Wildman–Crippen MR) is 67.6 cm³/mol. The van der Waals surface area contributed by atoms with Crippen LogP contribution in [0.2, 0.25) is 0 Å².